The second-order valence-corrected chi connectivity index (χ2v) is 6.79. The molecule has 128 valence electrons. The van der Waals surface area contributed by atoms with Gasteiger partial charge in [-0.25, -0.2) is 0 Å². The SMILES string of the molecule is Cc1ccc(OP(OCc2ccccc2)OCc2ccccc2)cc1. The molecule has 0 aliphatic carbocycles. The molecule has 0 spiro atoms. The first-order valence-electron chi connectivity index (χ1n) is 8.18. The number of aryl methyl sites for hydroxylation is 1. The molecule has 0 aromatic heterocycles. The third-order valence-corrected chi connectivity index (χ3v) is 4.60. The van der Waals surface area contributed by atoms with Crippen LogP contribution in [0.5, 0.6) is 5.75 Å². The summed E-state index contributed by atoms with van der Waals surface area (Å²) in [5.41, 5.74) is 3.36. The Hall–Kier alpha value is -2.19. The highest BCUT2D eigenvalue weighted by atomic mass is 31.2. The van der Waals surface area contributed by atoms with Crippen LogP contribution < -0.4 is 4.52 Å². The third-order valence-electron chi connectivity index (χ3n) is 3.56. The number of hydrogen-bond donors (Lipinski definition) is 0. The van der Waals surface area contributed by atoms with E-state index in [9.17, 15) is 0 Å². The van der Waals surface area contributed by atoms with Gasteiger partial charge >= 0.3 is 8.60 Å². The number of hydrogen-bond acceptors (Lipinski definition) is 3. The minimum absolute atomic E-state index is 0.452. The van der Waals surface area contributed by atoms with E-state index in [0.717, 1.165) is 16.9 Å². The molecular weight excluding hydrogens is 331 g/mol. The van der Waals surface area contributed by atoms with E-state index in [4.69, 9.17) is 13.6 Å². The summed E-state index contributed by atoms with van der Waals surface area (Å²) in [6.07, 6.45) is 0. The van der Waals surface area contributed by atoms with Crippen molar-refractivity contribution in [1.29, 1.82) is 0 Å². The number of benzene rings is 3. The normalized spacial score (nSPS) is 10.8. The van der Waals surface area contributed by atoms with Crippen LogP contribution in [0.2, 0.25) is 0 Å². The standard InChI is InChI=1S/C21H21O3P/c1-18-12-14-21(15-13-18)24-25(22-16-19-8-4-2-5-9-19)23-17-20-10-6-3-7-11-20/h2-15H,16-17H2,1H3. The molecule has 3 aromatic rings. The fraction of sp³-hybridized carbons (Fsp3) is 0.143. The van der Waals surface area contributed by atoms with Gasteiger partial charge in [-0.2, -0.15) is 0 Å². The van der Waals surface area contributed by atoms with Crippen molar-refractivity contribution in [1.82, 2.24) is 0 Å². The van der Waals surface area contributed by atoms with Gasteiger partial charge in [-0.15, -0.1) is 0 Å². The molecular formula is C21H21O3P. The fourth-order valence-electron chi connectivity index (χ4n) is 2.18. The van der Waals surface area contributed by atoms with Crippen LogP contribution in [0.3, 0.4) is 0 Å². The van der Waals surface area contributed by atoms with Gasteiger partial charge in [-0.3, -0.25) is 9.05 Å². The highest BCUT2D eigenvalue weighted by molar-refractivity contribution is 7.42. The first-order chi connectivity index (χ1) is 12.3. The van der Waals surface area contributed by atoms with Crippen molar-refractivity contribution in [3.63, 3.8) is 0 Å². The molecule has 3 nitrogen and oxygen atoms in total. The summed E-state index contributed by atoms with van der Waals surface area (Å²) in [5.74, 6) is 0.748. The number of rotatable bonds is 8. The smallest absolute Gasteiger partial charge is 0.397 e. The topological polar surface area (TPSA) is 27.7 Å². The summed E-state index contributed by atoms with van der Waals surface area (Å²) in [6, 6.07) is 27.9. The molecule has 0 radical (unpaired) electrons. The zero-order chi connectivity index (χ0) is 17.3. The van der Waals surface area contributed by atoms with Crippen LogP contribution >= 0.6 is 8.60 Å². The second kappa shape index (κ2) is 9.33. The third kappa shape index (κ3) is 5.99. The molecule has 0 amide bonds. The molecule has 0 aliphatic rings. The van der Waals surface area contributed by atoms with Crippen LogP contribution in [0.15, 0.2) is 84.9 Å². The maximum Gasteiger partial charge on any atom is 0.397 e. The first-order valence-corrected chi connectivity index (χ1v) is 9.27. The zero-order valence-electron chi connectivity index (χ0n) is 14.2. The summed E-state index contributed by atoms with van der Waals surface area (Å²) in [6.45, 7) is 2.95. The Bertz CT molecular complexity index is 702. The van der Waals surface area contributed by atoms with Gasteiger partial charge in [-0.05, 0) is 30.2 Å². The van der Waals surface area contributed by atoms with Crippen molar-refractivity contribution < 1.29 is 13.6 Å². The molecule has 4 heteroatoms. The minimum Gasteiger partial charge on any atom is -0.427 e. The Labute approximate surface area is 150 Å². The Morgan fingerprint density at radius 3 is 1.60 bits per heavy atom. The van der Waals surface area contributed by atoms with Crippen molar-refractivity contribution in [2.24, 2.45) is 0 Å². The maximum atomic E-state index is 5.93. The van der Waals surface area contributed by atoms with Crippen molar-refractivity contribution in [2.75, 3.05) is 0 Å². The molecule has 0 atom stereocenters. The lowest BCUT2D eigenvalue weighted by atomic mass is 10.2. The summed E-state index contributed by atoms with van der Waals surface area (Å²) in [4.78, 5) is 0. The highest BCUT2D eigenvalue weighted by Crippen LogP contribution is 2.42. The van der Waals surface area contributed by atoms with Crippen LogP contribution in [0, 0.1) is 6.92 Å². The lowest BCUT2D eigenvalue weighted by molar-refractivity contribution is 0.192. The zero-order valence-corrected chi connectivity index (χ0v) is 15.1. The summed E-state index contributed by atoms with van der Waals surface area (Å²) in [7, 11) is -1.49. The molecule has 0 fully saturated rings. The molecule has 0 N–H and O–H groups in total. The summed E-state index contributed by atoms with van der Waals surface area (Å²) >= 11 is 0. The fourth-order valence-corrected chi connectivity index (χ4v) is 3.16. The Morgan fingerprint density at radius 1 is 0.640 bits per heavy atom. The van der Waals surface area contributed by atoms with Crippen LogP contribution in [0.25, 0.3) is 0 Å². The van der Waals surface area contributed by atoms with Gasteiger partial charge in [0.25, 0.3) is 0 Å². The Balaban J connectivity index is 1.62. The van der Waals surface area contributed by atoms with E-state index in [2.05, 4.69) is 0 Å². The van der Waals surface area contributed by atoms with E-state index in [1.54, 1.807) is 0 Å². The molecule has 0 unspecified atom stereocenters. The highest BCUT2D eigenvalue weighted by Gasteiger charge is 2.15. The van der Waals surface area contributed by atoms with Gasteiger partial charge in [0.2, 0.25) is 0 Å². The molecule has 3 aromatic carbocycles. The van der Waals surface area contributed by atoms with Gasteiger partial charge in [0.1, 0.15) is 5.75 Å². The van der Waals surface area contributed by atoms with Crippen LogP contribution in [-0.4, -0.2) is 0 Å². The minimum atomic E-state index is -1.49. The molecule has 3 rings (SSSR count). The molecule has 0 bridgehead atoms. The van der Waals surface area contributed by atoms with Gasteiger partial charge in [-0.1, -0.05) is 78.4 Å². The van der Waals surface area contributed by atoms with Gasteiger partial charge in [0, 0.05) is 0 Å². The van der Waals surface area contributed by atoms with E-state index in [1.165, 1.54) is 5.56 Å². The van der Waals surface area contributed by atoms with Crippen molar-refractivity contribution >= 4 is 8.60 Å². The van der Waals surface area contributed by atoms with E-state index >= 15 is 0 Å². The Kier molecular flexibility index (Phi) is 6.58. The van der Waals surface area contributed by atoms with Crippen LogP contribution in [0.1, 0.15) is 16.7 Å². The summed E-state index contributed by atoms with van der Waals surface area (Å²) in [5, 5.41) is 0. The van der Waals surface area contributed by atoms with Gasteiger partial charge in [0.15, 0.2) is 0 Å². The average molecular weight is 352 g/mol. The monoisotopic (exact) mass is 352 g/mol. The van der Waals surface area contributed by atoms with E-state index in [-0.39, 0.29) is 0 Å². The second-order valence-electron chi connectivity index (χ2n) is 5.65. The lowest BCUT2D eigenvalue weighted by Gasteiger charge is -2.17. The van der Waals surface area contributed by atoms with E-state index in [0.29, 0.717) is 13.2 Å². The molecule has 0 saturated heterocycles. The molecule has 25 heavy (non-hydrogen) atoms. The first kappa shape index (κ1) is 17.6. The summed E-state index contributed by atoms with van der Waals surface area (Å²) < 4.78 is 17.7. The average Bonchev–Trinajstić information content (AvgIpc) is 2.67. The van der Waals surface area contributed by atoms with Gasteiger partial charge in [0.05, 0.1) is 13.2 Å². The van der Waals surface area contributed by atoms with Crippen LogP contribution in [0.4, 0.5) is 0 Å². The maximum absolute atomic E-state index is 5.93. The predicted octanol–water partition coefficient (Wildman–Crippen LogP) is 6.03. The predicted molar refractivity (Wildman–Crippen MR) is 101 cm³/mol. The van der Waals surface area contributed by atoms with Crippen LogP contribution in [-0.2, 0) is 22.3 Å². The van der Waals surface area contributed by atoms with Crippen molar-refractivity contribution in [2.45, 2.75) is 20.1 Å². The van der Waals surface area contributed by atoms with E-state index < -0.39 is 8.60 Å². The van der Waals surface area contributed by atoms with E-state index in [1.807, 2.05) is 91.9 Å². The quantitative estimate of drug-likeness (QED) is 0.463. The largest absolute Gasteiger partial charge is 0.427 e. The van der Waals surface area contributed by atoms with Gasteiger partial charge < -0.3 is 4.52 Å². The van der Waals surface area contributed by atoms with Crippen molar-refractivity contribution in [3.8, 4) is 5.75 Å². The molecule has 0 heterocycles. The molecule has 0 aliphatic heterocycles. The van der Waals surface area contributed by atoms with Crippen molar-refractivity contribution in [3.05, 3.63) is 102 Å². The lowest BCUT2D eigenvalue weighted by Crippen LogP contribution is -1.99. The molecule has 0 saturated carbocycles. The Morgan fingerprint density at radius 2 is 1.12 bits per heavy atom.